The van der Waals surface area contributed by atoms with Gasteiger partial charge >= 0.3 is 12.0 Å². The molecule has 0 aliphatic carbocycles. The van der Waals surface area contributed by atoms with Gasteiger partial charge in [-0.1, -0.05) is 28.9 Å². The van der Waals surface area contributed by atoms with Gasteiger partial charge in [-0.15, -0.1) is 4.98 Å². The van der Waals surface area contributed by atoms with E-state index in [1.807, 2.05) is 19.1 Å². The van der Waals surface area contributed by atoms with Crippen LogP contribution in [0, 0.1) is 0 Å². The molecule has 2 aromatic rings. The standard InChI is InChI=1S/C12H13BrN4O2/c1-2-6-18-11-15-10(14)16-12(17-11)19-9-5-3-4-8(13)7-9/h3-5,7H,2,6H2,1H3,(H2,14,15,16,17). The van der Waals surface area contributed by atoms with Crippen molar-refractivity contribution in [2.24, 2.45) is 0 Å². The van der Waals surface area contributed by atoms with E-state index in [2.05, 4.69) is 30.9 Å². The predicted molar refractivity (Wildman–Crippen MR) is 74.2 cm³/mol. The SMILES string of the molecule is CCCOc1nc(N)nc(Oc2cccc(Br)c2)n1. The van der Waals surface area contributed by atoms with E-state index >= 15 is 0 Å². The highest BCUT2D eigenvalue weighted by Gasteiger charge is 2.07. The van der Waals surface area contributed by atoms with Crippen molar-refractivity contribution >= 4 is 21.9 Å². The molecule has 19 heavy (non-hydrogen) atoms. The summed E-state index contributed by atoms with van der Waals surface area (Å²) in [5.41, 5.74) is 5.58. The topological polar surface area (TPSA) is 83.2 Å². The molecular weight excluding hydrogens is 312 g/mol. The third kappa shape index (κ3) is 4.06. The van der Waals surface area contributed by atoms with Crippen molar-refractivity contribution in [2.45, 2.75) is 13.3 Å². The van der Waals surface area contributed by atoms with E-state index in [4.69, 9.17) is 15.2 Å². The number of anilines is 1. The summed E-state index contributed by atoms with van der Waals surface area (Å²) in [4.78, 5) is 11.8. The molecule has 2 N–H and O–H groups in total. The molecule has 100 valence electrons. The highest BCUT2D eigenvalue weighted by atomic mass is 79.9. The summed E-state index contributed by atoms with van der Waals surface area (Å²) in [6, 6.07) is 7.60. The molecule has 0 spiro atoms. The molecule has 0 unspecified atom stereocenters. The Bertz CT molecular complexity index is 565. The smallest absolute Gasteiger partial charge is 0.330 e. The molecule has 0 saturated carbocycles. The van der Waals surface area contributed by atoms with Crippen LogP contribution in [0.1, 0.15) is 13.3 Å². The number of benzene rings is 1. The lowest BCUT2D eigenvalue weighted by atomic mass is 10.3. The lowest BCUT2D eigenvalue weighted by Crippen LogP contribution is -2.05. The molecule has 2 rings (SSSR count). The van der Waals surface area contributed by atoms with Crippen molar-refractivity contribution < 1.29 is 9.47 Å². The first kappa shape index (κ1) is 13.5. The normalized spacial score (nSPS) is 10.2. The highest BCUT2D eigenvalue weighted by molar-refractivity contribution is 9.10. The minimum atomic E-state index is 0.0612. The fraction of sp³-hybridized carbons (Fsp3) is 0.250. The van der Waals surface area contributed by atoms with E-state index in [1.165, 1.54) is 0 Å². The lowest BCUT2D eigenvalue weighted by molar-refractivity contribution is 0.285. The predicted octanol–water partition coefficient (Wildman–Crippen LogP) is 2.80. The van der Waals surface area contributed by atoms with Crippen LogP contribution in [0.3, 0.4) is 0 Å². The number of halogens is 1. The van der Waals surface area contributed by atoms with Crippen molar-refractivity contribution in [3.8, 4) is 17.8 Å². The second-order valence-corrected chi connectivity index (χ2v) is 4.58. The average Bonchev–Trinajstić information content (AvgIpc) is 2.35. The van der Waals surface area contributed by atoms with Crippen LogP contribution in [0.4, 0.5) is 5.95 Å². The third-order valence-electron chi connectivity index (χ3n) is 2.05. The number of ether oxygens (including phenoxy) is 2. The van der Waals surface area contributed by atoms with Crippen LogP contribution in [0.2, 0.25) is 0 Å². The van der Waals surface area contributed by atoms with Gasteiger partial charge < -0.3 is 15.2 Å². The molecule has 0 aliphatic heterocycles. The minimum absolute atomic E-state index is 0.0612. The number of hydrogen-bond donors (Lipinski definition) is 1. The number of nitrogen functional groups attached to an aromatic ring is 1. The highest BCUT2D eigenvalue weighted by Crippen LogP contribution is 2.23. The zero-order valence-corrected chi connectivity index (χ0v) is 11.9. The molecule has 0 radical (unpaired) electrons. The zero-order valence-electron chi connectivity index (χ0n) is 10.3. The second kappa shape index (κ2) is 6.33. The summed E-state index contributed by atoms with van der Waals surface area (Å²) >= 11 is 3.36. The van der Waals surface area contributed by atoms with Gasteiger partial charge in [0.1, 0.15) is 5.75 Å². The number of rotatable bonds is 5. The van der Waals surface area contributed by atoms with E-state index < -0.39 is 0 Å². The van der Waals surface area contributed by atoms with E-state index in [-0.39, 0.29) is 18.0 Å². The van der Waals surface area contributed by atoms with Crippen LogP contribution in [0.15, 0.2) is 28.7 Å². The molecule has 0 atom stereocenters. The van der Waals surface area contributed by atoms with Gasteiger partial charge in [0.05, 0.1) is 6.61 Å². The number of nitrogens with two attached hydrogens (primary N) is 1. The first-order valence-corrected chi connectivity index (χ1v) is 6.54. The largest absolute Gasteiger partial charge is 0.463 e. The average molecular weight is 325 g/mol. The van der Waals surface area contributed by atoms with Crippen LogP contribution in [-0.4, -0.2) is 21.6 Å². The molecular formula is C12H13BrN4O2. The Morgan fingerprint density at radius 2 is 2.00 bits per heavy atom. The summed E-state index contributed by atoms with van der Waals surface area (Å²) in [6.07, 6.45) is 0.855. The molecule has 6 nitrogen and oxygen atoms in total. The Labute approximate surface area is 119 Å². The Balaban J connectivity index is 2.17. The van der Waals surface area contributed by atoms with Crippen molar-refractivity contribution in [1.82, 2.24) is 15.0 Å². The number of aromatic nitrogens is 3. The van der Waals surface area contributed by atoms with Gasteiger partial charge in [-0.25, -0.2) is 0 Å². The van der Waals surface area contributed by atoms with E-state index in [1.54, 1.807) is 12.1 Å². The third-order valence-corrected chi connectivity index (χ3v) is 2.55. The first-order valence-electron chi connectivity index (χ1n) is 5.75. The van der Waals surface area contributed by atoms with Crippen molar-refractivity contribution in [3.05, 3.63) is 28.7 Å². The van der Waals surface area contributed by atoms with Crippen molar-refractivity contribution in [2.75, 3.05) is 12.3 Å². The lowest BCUT2D eigenvalue weighted by Gasteiger charge is -2.07. The fourth-order valence-corrected chi connectivity index (χ4v) is 1.67. The maximum Gasteiger partial charge on any atom is 0.330 e. The molecule has 0 aliphatic rings. The van der Waals surface area contributed by atoms with Gasteiger partial charge in [-0.05, 0) is 24.6 Å². The summed E-state index contributed by atoms with van der Waals surface area (Å²) < 4.78 is 11.7. The zero-order chi connectivity index (χ0) is 13.7. The van der Waals surface area contributed by atoms with Crippen LogP contribution in [0.25, 0.3) is 0 Å². The fourth-order valence-electron chi connectivity index (χ4n) is 1.29. The van der Waals surface area contributed by atoms with Crippen LogP contribution in [0.5, 0.6) is 17.8 Å². The molecule has 1 aromatic heterocycles. The summed E-state index contributed by atoms with van der Waals surface area (Å²) in [6.45, 7) is 2.50. The van der Waals surface area contributed by atoms with Crippen molar-refractivity contribution in [3.63, 3.8) is 0 Å². The maximum absolute atomic E-state index is 5.58. The summed E-state index contributed by atoms with van der Waals surface area (Å²) in [5, 5.41) is 0. The molecule has 0 amide bonds. The summed E-state index contributed by atoms with van der Waals surface area (Å²) in [5.74, 6) is 0.660. The number of nitrogens with zero attached hydrogens (tertiary/aromatic N) is 3. The maximum atomic E-state index is 5.58. The van der Waals surface area contributed by atoms with Gasteiger partial charge in [0.2, 0.25) is 5.95 Å². The first-order chi connectivity index (χ1) is 9.17. The van der Waals surface area contributed by atoms with E-state index in [9.17, 15) is 0 Å². The Hall–Kier alpha value is -1.89. The van der Waals surface area contributed by atoms with Gasteiger partial charge in [0, 0.05) is 4.47 Å². The molecule has 0 bridgehead atoms. The molecule has 1 heterocycles. The van der Waals surface area contributed by atoms with Gasteiger partial charge in [-0.3, -0.25) is 0 Å². The molecule has 7 heteroatoms. The Morgan fingerprint density at radius 3 is 2.74 bits per heavy atom. The molecule has 0 saturated heterocycles. The minimum Gasteiger partial charge on any atom is -0.463 e. The van der Waals surface area contributed by atoms with Crippen LogP contribution < -0.4 is 15.2 Å². The Kier molecular flexibility index (Phi) is 4.51. The number of hydrogen-bond acceptors (Lipinski definition) is 6. The Morgan fingerprint density at radius 1 is 1.21 bits per heavy atom. The van der Waals surface area contributed by atoms with Crippen molar-refractivity contribution in [1.29, 1.82) is 0 Å². The van der Waals surface area contributed by atoms with Gasteiger partial charge in [0.25, 0.3) is 0 Å². The van der Waals surface area contributed by atoms with Crippen LogP contribution in [-0.2, 0) is 0 Å². The quantitative estimate of drug-likeness (QED) is 0.910. The van der Waals surface area contributed by atoms with Gasteiger partial charge in [-0.2, -0.15) is 9.97 Å². The molecule has 0 fully saturated rings. The van der Waals surface area contributed by atoms with Crippen LogP contribution >= 0.6 is 15.9 Å². The second-order valence-electron chi connectivity index (χ2n) is 3.67. The molecule has 1 aromatic carbocycles. The summed E-state index contributed by atoms with van der Waals surface area (Å²) in [7, 11) is 0. The van der Waals surface area contributed by atoms with E-state index in [0.29, 0.717) is 12.4 Å². The van der Waals surface area contributed by atoms with Gasteiger partial charge in [0.15, 0.2) is 0 Å². The van der Waals surface area contributed by atoms with E-state index in [0.717, 1.165) is 10.9 Å². The monoisotopic (exact) mass is 324 g/mol.